The Balaban J connectivity index is 1.75. The van der Waals surface area contributed by atoms with Gasteiger partial charge in [-0.3, -0.25) is 14.5 Å². The fraction of sp³-hybridized carbons (Fsp3) is 0.800. The summed E-state index contributed by atoms with van der Waals surface area (Å²) in [5.41, 5.74) is 1.44. The van der Waals surface area contributed by atoms with E-state index >= 15 is 0 Å². The first kappa shape index (κ1) is 18.6. The van der Waals surface area contributed by atoms with Crippen LogP contribution < -0.4 is 0 Å². The first-order chi connectivity index (χ1) is 12.0. The minimum Gasteiger partial charge on any atom is -0.355 e. The SMILES string of the molecule is C=C1CCC2C3COCOC3CCC2(C)C1CCN(C=O)C(=O)CC. The Morgan fingerprint density at radius 1 is 1.44 bits per heavy atom. The highest BCUT2D eigenvalue weighted by atomic mass is 16.7. The number of carbonyl (C=O) groups excluding carboxylic acids is 2. The number of imide groups is 1. The Morgan fingerprint density at radius 2 is 2.24 bits per heavy atom. The summed E-state index contributed by atoms with van der Waals surface area (Å²) in [6.45, 7) is 10.2. The molecule has 1 heterocycles. The van der Waals surface area contributed by atoms with E-state index in [1.807, 2.05) is 0 Å². The van der Waals surface area contributed by atoms with Gasteiger partial charge in [0.05, 0.1) is 12.7 Å². The quantitative estimate of drug-likeness (QED) is 0.565. The van der Waals surface area contributed by atoms with E-state index in [9.17, 15) is 9.59 Å². The molecule has 0 spiro atoms. The van der Waals surface area contributed by atoms with Crippen LogP contribution in [0.3, 0.4) is 0 Å². The van der Waals surface area contributed by atoms with E-state index in [-0.39, 0.29) is 11.3 Å². The number of nitrogens with zero attached hydrogens (tertiary/aromatic N) is 1. The fourth-order valence-electron chi connectivity index (χ4n) is 5.55. The topological polar surface area (TPSA) is 55.8 Å². The molecule has 5 unspecified atom stereocenters. The molecule has 5 heteroatoms. The van der Waals surface area contributed by atoms with Crippen LogP contribution in [0.25, 0.3) is 0 Å². The van der Waals surface area contributed by atoms with Gasteiger partial charge in [-0.05, 0) is 49.4 Å². The van der Waals surface area contributed by atoms with Crippen molar-refractivity contribution < 1.29 is 19.1 Å². The normalized spacial score (nSPS) is 37.8. The summed E-state index contributed by atoms with van der Waals surface area (Å²) < 4.78 is 11.5. The summed E-state index contributed by atoms with van der Waals surface area (Å²) in [6, 6.07) is 0. The van der Waals surface area contributed by atoms with Gasteiger partial charge in [0.2, 0.25) is 12.3 Å². The van der Waals surface area contributed by atoms with E-state index in [4.69, 9.17) is 9.47 Å². The molecule has 25 heavy (non-hydrogen) atoms. The van der Waals surface area contributed by atoms with Gasteiger partial charge in [0.25, 0.3) is 0 Å². The summed E-state index contributed by atoms with van der Waals surface area (Å²) in [6.07, 6.45) is 6.53. The molecule has 2 saturated carbocycles. The standard InChI is InChI=1S/C20H31NO4/c1-4-19(23)21(12-22)10-8-16-14(2)5-6-17-15-11-24-13-25-18(15)7-9-20(16,17)3/h12,15-18H,2,4-11,13H2,1,3H3. The van der Waals surface area contributed by atoms with Crippen LogP contribution in [0.15, 0.2) is 12.2 Å². The van der Waals surface area contributed by atoms with Gasteiger partial charge in [-0.15, -0.1) is 0 Å². The third-order valence-corrected chi connectivity index (χ3v) is 6.96. The van der Waals surface area contributed by atoms with Gasteiger partial charge in [0.15, 0.2) is 0 Å². The lowest BCUT2D eigenvalue weighted by Gasteiger charge is -2.57. The maximum atomic E-state index is 11.9. The molecular weight excluding hydrogens is 318 g/mol. The third-order valence-electron chi connectivity index (χ3n) is 6.96. The second kappa shape index (κ2) is 7.58. The molecule has 5 nitrogen and oxygen atoms in total. The smallest absolute Gasteiger partial charge is 0.228 e. The summed E-state index contributed by atoms with van der Waals surface area (Å²) >= 11 is 0. The van der Waals surface area contributed by atoms with Crippen LogP contribution in [0.5, 0.6) is 0 Å². The van der Waals surface area contributed by atoms with Crippen molar-refractivity contribution in [2.45, 2.75) is 58.5 Å². The molecule has 0 aromatic heterocycles. The van der Waals surface area contributed by atoms with Gasteiger partial charge < -0.3 is 9.47 Å². The highest BCUT2D eigenvalue weighted by molar-refractivity contribution is 5.85. The van der Waals surface area contributed by atoms with Crippen molar-refractivity contribution in [3.05, 3.63) is 12.2 Å². The number of hydrogen-bond donors (Lipinski definition) is 0. The average Bonchev–Trinajstić information content (AvgIpc) is 2.63. The van der Waals surface area contributed by atoms with Crippen molar-refractivity contribution in [1.29, 1.82) is 0 Å². The lowest BCUT2D eigenvalue weighted by Crippen LogP contribution is -2.54. The predicted octanol–water partition coefficient (Wildman–Crippen LogP) is 3.14. The molecule has 1 saturated heterocycles. The summed E-state index contributed by atoms with van der Waals surface area (Å²) in [4.78, 5) is 24.5. The fourth-order valence-corrected chi connectivity index (χ4v) is 5.55. The molecule has 3 rings (SSSR count). The average molecular weight is 349 g/mol. The predicted molar refractivity (Wildman–Crippen MR) is 94.6 cm³/mol. The van der Waals surface area contributed by atoms with Crippen LogP contribution in [-0.2, 0) is 19.1 Å². The molecule has 2 aliphatic carbocycles. The van der Waals surface area contributed by atoms with E-state index in [1.54, 1.807) is 6.92 Å². The zero-order chi connectivity index (χ0) is 18.0. The number of amides is 2. The lowest BCUT2D eigenvalue weighted by molar-refractivity contribution is -0.218. The van der Waals surface area contributed by atoms with Crippen LogP contribution in [0.1, 0.15) is 52.4 Å². The van der Waals surface area contributed by atoms with Crippen molar-refractivity contribution >= 4 is 12.3 Å². The zero-order valence-corrected chi connectivity index (χ0v) is 15.5. The monoisotopic (exact) mass is 349 g/mol. The number of ether oxygens (including phenoxy) is 2. The van der Waals surface area contributed by atoms with Gasteiger partial charge in [-0.2, -0.15) is 0 Å². The van der Waals surface area contributed by atoms with Crippen LogP contribution in [0.4, 0.5) is 0 Å². The van der Waals surface area contributed by atoms with E-state index in [0.717, 1.165) is 38.7 Å². The van der Waals surface area contributed by atoms with E-state index in [0.29, 0.717) is 50.0 Å². The Kier molecular flexibility index (Phi) is 5.64. The van der Waals surface area contributed by atoms with E-state index < -0.39 is 0 Å². The van der Waals surface area contributed by atoms with E-state index in [1.165, 1.54) is 10.5 Å². The highest BCUT2D eigenvalue weighted by Gasteiger charge is 2.53. The zero-order valence-electron chi connectivity index (χ0n) is 15.5. The van der Waals surface area contributed by atoms with Gasteiger partial charge in [0, 0.05) is 18.9 Å². The molecule has 0 aromatic rings. The van der Waals surface area contributed by atoms with Gasteiger partial charge in [-0.1, -0.05) is 26.0 Å². The summed E-state index contributed by atoms with van der Waals surface area (Å²) in [5.74, 6) is 1.27. The molecule has 0 bridgehead atoms. The maximum Gasteiger partial charge on any atom is 0.228 e. The van der Waals surface area contributed by atoms with Crippen molar-refractivity contribution in [2.24, 2.45) is 23.2 Å². The third kappa shape index (κ3) is 3.41. The van der Waals surface area contributed by atoms with E-state index in [2.05, 4.69) is 13.5 Å². The number of rotatable bonds is 5. The Hall–Kier alpha value is -1.20. The molecule has 0 radical (unpaired) electrons. The minimum atomic E-state index is -0.101. The van der Waals surface area contributed by atoms with Crippen molar-refractivity contribution in [3.63, 3.8) is 0 Å². The maximum absolute atomic E-state index is 11.9. The first-order valence-corrected chi connectivity index (χ1v) is 9.63. The van der Waals surface area contributed by atoms with Crippen molar-refractivity contribution in [3.8, 4) is 0 Å². The Bertz CT molecular complexity index is 534. The number of allylic oxidation sites excluding steroid dienone is 1. The van der Waals surface area contributed by atoms with Gasteiger partial charge in [0.1, 0.15) is 6.79 Å². The lowest BCUT2D eigenvalue weighted by atomic mass is 9.50. The van der Waals surface area contributed by atoms with Gasteiger partial charge >= 0.3 is 0 Å². The van der Waals surface area contributed by atoms with Gasteiger partial charge in [-0.25, -0.2) is 0 Å². The molecule has 1 aliphatic heterocycles. The Labute approximate surface area is 150 Å². The van der Waals surface area contributed by atoms with Crippen molar-refractivity contribution in [2.75, 3.05) is 19.9 Å². The number of fused-ring (bicyclic) bond motifs is 3. The molecule has 2 amide bonds. The van der Waals surface area contributed by atoms with Crippen molar-refractivity contribution in [1.82, 2.24) is 4.90 Å². The summed E-state index contributed by atoms with van der Waals surface area (Å²) in [5, 5.41) is 0. The second-order valence-electron chi connectivity index (χ2n) is 8.09. The molecule has 5 atom stereocenters. The highest BCUT2D eigenvalue weighted by Crippen LogP contribution is 2.58. The molecule has 0 N–H and O–H groups in total. The number of carbonyl (C=O) groups is 2. The van der Waals surface area contributed by atoms with Crippen LogP contribution in [0.2, 0.25) is 0 Å². The molecule has 3 aliphatic rings. The second-order valence-corrected chi connectivity index (χ2v) is 8.09. The molecule has 140 valence electrons. The Morgan fingerprint density at radius 3 is 2.96 bits per heavy atom. The van der Waals surface area contributed by atoms with Crippen LogP contribution in [0, 0.1) is 23.2 Å². The molecule has 0 aromatic carbocycles. The van der Waals surface area contributed by atoms with Crippen LogP contribution in [-0.4, -0.2) is 43.3 Å². The first-order valence-electron chi connectivity index (χ1n) is 9.63. The summed E-state index contributed by atoms with van der Waals surface area (Å²) in [7, 11) is 0. The molecular formula is C20H31NO4. The minimum absolute atomic E-state index is 0.101. The van der Waals surface area contributed by atoms with Crippen LogP contribution >= 0.6 is 0 Å². The largest absolute Gasteiger partial charge is 0.355 e. The molecule has 3 fully saturated rings. The number of hydrogen-bond acceptors (Lipinski definition) is 4.